The van der Waals surface area contributed by atoms with Gasteiger partial charge in [-0.05, 0) is 42.0 Å². The van der Waals surface area contributed by atoms with Crippen LogP contribution in [0, 0.1) is 5.82 Å². The van der Waals surface area contributed by atoms with E-state index in [-0.39, 0.29) is 5.82 Å². The minimum Gasteiger partial charge on any atom is -0.461 e. The average Bonchev–Trinajstić information content (AvgIpc) is 3.55. The second-order valence-electron chi connectivity index (χ2n) is 6.66. The molecule has 154 valence electrons. The fourth-order valence-corrected chi connectivity index (χ4v) is 3.82. The Morgan fingerprint density at radius 2 is 1.77 bits per heavy atom. The number of hydrogen-bond donors (Lipinski definition) is 0. The van der Waals surface area contributed by atoms with Crippen molar-refractivity contribution in [2.24, 2.45) is 0 Å². The number of thioether (sulfide) groups is 1. The molecule has 3 aromatic heterocycles. The fraction of sp³-hybridized carbons (Fsp3) is 0.0909. The smallest absolute Gasteiger partial charge is 0.237 e. The molecule has 2 aromatic carbocycles. The van der Waals surface area contributed by atoms with Gasteiger partial charge in [-0.2, -0.15) is 4.98 Å². The van der Waals surface area contributed by atoms with E-state index >= 15 is 0 Å². The van der Waals surface area contributed by atoms with E-state index in [4.69, 9.17) is 8.94 Å². The van der Waals surface area contributed by atoms with Crippen molar-refractivity contribution in [1.82, 2.24) is 24.9 Å². The highest BCUT2D eigenvalue weighted by Crippen LogP contribution is 2.28. The second-order valence-corrected chi connectivity index (χ2v) is 7.61. The zero-order valence-corrected chi connectivity index (χ0v) is 17.0. The molecule has 0 saturated heterocycles. The number of hydrogen-bond acceptors (Lipinski definition) is 7. The molecule has 0 radical (unpaired) electrons. The molecule has 0 bridgehead atoms. The van der Waals surface area contributed by atoms with Crippen molar-refractivity contribution in [3.63, 3.8) is 0 Å². The maximum atomic E-state index is 13.1. The normalized spacial score (nSPS) is 11.1. The highest BCUT2D eigenvalue weighted by Gasteiger charge is 2.18. The van der Waals surface area contributed by atoms with E-state index in [1.54, 1.807) is 18.4 Å². The van der Waals surface area contributed by atoms with Gasteiger partial charge in [0.25, 0.3) is 0 Å². The van der Waals surface area contributed by atoms with Crippen molar-refractivity contribution in [2.45, 2.75) is 17.5 Å². The van der Waals surface area contributed by atoms with Gasteiger partial charge in [-0.15, -0.1) is 10.2 Å². The predicted molar refractivity (Wildman–Crippen MR) is 113 cm³/mol. The number of halogens is 1. The van der Waals surface area contributed by atoms with Crippen molar-refractivity contribution in [3.8, 4) is 23.0 Å². The van der Waals surface area contributed by atoms with Gasteiger partial charge in [0.15, 0.2) is 10.9 Å². The Kier molecular flexibility index (Phi) is 5.32. The first kappa shape index (κ1) is 19.3. The molecule has 5 rings (SSSR count). The van der Waals surface area contributed by atoms with Crippen molar-refractivity contribution >= 4 is 11.8 Å². The van der Waals surface area contributed by atoms with Crippen LogP contribution in [0.25, 0.3) is 23.0 Å². The van der Waals surface area contributed by atoms with Crippen LogP contribution >= 0.6 is 11.8 Å². The topological polar surface area (TPSA) is 82.8 Å². The van der Waals surface area contributed by atoms with E-state index in [1.807, 2.05) is 47.0 Å². The molecule has 0 fully saturated rings. The van der Waals surface area contributed by atoms with Crippen LogP contribution in [0.15, 0.2) is 87.1 Å². The molecule has 0 aliphatic rings. The molecule has 3 heterocycles. The first-order valence-electron chi connectivity index (χ1n) is 9.48. The third-order valence-electron chi connectivity index (χ3n) is 4.54. The Hall–Kier alpha value is -3.72. The maximum Gasteiger partial charge on any atom is 0.237 e. The van der Waals surface area contributed by atoms with Crippen LogP contribution in [0.3, 0.4) is 0 Å². The first-order chi connectivity index (χ1) is 15.3. The Morgan fingerprint density at radius 3 is 2.55 bits per heavy atom. The Bertz CT molecular complexity index is 1270. The molecule has 0 N–H and O–H groups in total. The van der Waals surface area contributed by atoms with Gasteiger partial charge in [0, 0.05) is 5.56 Å². The van der Waals surface area contributed by atoms with Crippen LogP contribution in [0.2, 0.25) is 0 Å². The largest absolute Gasteiger partial charge is 0.461 e. The van der Waals surface area contributed by atoms with Crippen LogP contribution in [0.4, 0.5) is 4.39 Å². The van der Waals surface area contributed by atoms with Crippen LogP contribution in [0.1, 0.15) is 11.5 Å². The van der Waals surface area contributed by atoms with E-state index in [2.05, 4.69) is 20.3 Å². The molecular weight excluding hydrogens is 417 g/mol. The molecule has 31 heavy (non-hydrogen) atoms. The summed E-state index contributed by atoms with van der Waals surface area (Å²) in [5, 5.41) is 13.4. The summed E-state index contributed by atoms with van der Waals surface area (Å²) in [6, 6.07) is 19.7. The summed E-state index contributed by atoms with van der Waals surface area (Å²) in [7, 11) is 0. The van der Waals surface area contributed by atoms with Crippen molar-refractivity contribution in [3.05, 3.63) is 90.3 Å². The predicted octanol–water partition coefficient (Wildman–Crippen LogP) is 5.07. The third kappa shape index (κ3) is 4.26. The van der Waals surface area contributed by atoms with Crippen molar-refractivity contribution < 1.29 is 13.3 Å². The summed E-state index contributed by atoms with van der Waals surface area (Å²) < 4.78 is 26.0. The SMILES string of the molecule is Fc1ccc(-c2noc(CSc3nnc(-c4ccco4)n3Cc3ccccc3)n2)cc1. The number of aromatic nitrogens is 5. The lowest BCUT2D eigenvalue weighted by molar-refractivity contribution is 0.391. The van der Waals surface area contributed by atoms with Gasteiger partial charge in [0.1, 0.15) is 5.82 Å². The lowest BCUT2D eigenvalue weighted by Gasteiger charge is -2.08. The van der Waals surface area contributed by atoms with Gasteiger partial charge < -0.3 is 8.94 Å². The van der Waals surface area contributed by atoms with Crippen LogP contribution < -0.4 is 0 Å². The van der Waals surface area contributed by atoms with Gasteiger partial charge in [-0.3, -0.25) is 4.57 Å². The number of rotatable bonds is 7. The van der Waals surface area contributed by atoms with Crippen LogP contribution in [-0.2, 0) is 12.3 Å². The Balaban J connectivity index is 1.37. The fourth-order valence-electron chi connectivity index (χ4n) is 3.05. The highest BCUT2D eigenvalue weighted by atomic mass is 32.2. The minimum atomic E-state index is -0.312. The Morgan fingerprint density at radius 1 is 0.935 bits per heavy atom. The highest BCUT2D eigenvalue weighted by molar-refractivity contribution is 7.98. The molecule has 0 atom stereocenters. The summed E-state index contributed by atoms with van der Waals surface area (Å²) in [6.07, 6.45) is 1.61. The summed E-state index contributed by atoms with van der Waals surface area (Å²) in [6.45, 7) is 0.594. The molecular formula is C22H16FN5O2S. The second kappa shape index (κ2) is 8.57. The maximum absolute atomic E-state index is 13.1. The molecule has 7 nitrogen and oxygen atoms in total. The molecule has 0 spiro atoms. The standard InChI is InChI=1S/C22H16FN5O2S/c23-17-10-8-16(9-11-17)20-24-19(30-27-20)14-31-22-26-25-21(18-7-4-12-29-18)28(22)13-15-5-2-1-3-6-15/h1-12H,13-14H2. The number of furan rings is 1. The van der Waals surface area contributed by atoms with Gasteiger partial charge in [-0.1, -0.05) is 47.3 Å². The van der Waals surface area contributed by atoms with Crippen LogP contribution in [-0.4, -0.2) is 24.9 Å². The first-order valence-corrected chi connectivity index (χ1v) is 10.5. The quantitative estimate of drug-likeness (QED) is 0.332. The molecule has 5 aromatic rings. The minimum absolute atomic E-state index is 0.312. The number of benzene rings is 2. The Labute approximate surface area is 180 Å². The third-order valence-corrected chi connectivity index (χ3v) is 5.49. The van der Waals surface area contributed by atoms with Crippen molar-refractivity contribution in [1.29, 1.82) is 0 Å². The summed E-state index contributed by atoms with van der Waals surface area (Å²) in [5.74, 6) is 2.25. The van der Waals surface area contributed by atoms with E-state index < -0.39 is 0 Å². The van der Waals surface area contributed by atoms with E-state index in [1.165, 1.54) is 23.9 Å². The van der Waals surface area contributed by atoms with Crippen molar-refractivity contribution in [2.75, 3.05) is 0 Å². The van der Waals surface area contributed by atoms with Gasteiger partial charge in [0.05, 0.1) is 18.6 Å². The van der Waals surface area contributed by atoms with E-state index in [9.17, 15) is 4.39 Å². The zero-order chi connectivity index (χ0) is 21.0. The lowest BCUT2D eigenvalue weighted by atomic mass is 10.2. The monoisotopic (exact) mass is 433 g/mol. The molecule has 0 aliphatic heterocycles. The summed E-state index contributed by atoms with van der Waals surface area (Å²) in [4.78, 5) is 4.40. The average molecular weight is 433 g/mol. The van der Waals surface area contributed by atoms with Gasteiger partial charge >= 0.3 is 0 Å². The number of nitrogens with zero attached hydrogens (tertiary/aromatic N) is 5. The molecule has 0 aliphatic carbocycles. The van der Waals surface area contributed by atoms with E-state index in [0.717, 1.165) is 5.56 Å². The molecule has 0 saturated carbocycles. The lowest BCUT2D eigenvalue weighted by Crippen LogP contribution is -2.04. The summed E-state index contributed by atoms with van der Waals surface area (Å²) in [5.41, 5.74) is 1.81. The van der Waals surface area contributed by atoms with Gasteiger partial charge in [0.2, 0.25) is 17.5 Å². The molecule has 9 heteroatoms. The molecule has 0 unspecified atom stereocenters. The zero-order valence-electron chi connectivity index (χ0n) is 16.2. The van der Waals surface area contributed by atoms with E-state index in [0.29, 0.717) is 46.3 Å². The van der Waals surface area contributed by atoms with Gasteiger partial charge in [-0.25, -0.2) is 4.39 Å². The van der Waals surface area contributed by atoms with Crippen LogP contribution in [0.5, 0.6) is 0 Å². The molecule has 0 amide bonds. The summed E-state index contributed by atoms with van der Waals surface area (Å²) >= 11 is 1.44.